The van der Waals surface area contributed by atoms with Gasteiger partial charge in [-0.2, -0.15) is 5.10 Å². The van der Waals surface area contributed by atoms with Gasteiger partial charge in [0.2, 0.25) is 5.43 Å². The third kappa shape index (κ3) is 4.38. The van der Waals surface area contributed by atoms with Gasteiger partial charge in [-0.05, 0) is 61.0 Å². The Balaban J connectivity index is 1.94. The van der Waals surface area contributed by atoms with Crippen LogP contribution in [-0.4, -0.2) is 15.7 Å². The Bertz CT molecular complexity index is 1300. The van der Waals surface area contributed by atoms with Crippen molar-refractivity contribution in [2.45, 2.75) is 6.92 Å². The first-order valence-electron chi connectivity index (χ1n) is 9.46. The van der Waals surface area contributed by atoms with Crippen LogP contribution in [0.4, 0.5) is 5.82 Å². The van der Waals surface area contributed by atoms with Crippen LogP contribution in [0, 0.1) is 6.92 Å². The van der Waals surface area contributed by atoms with Gasteiger partial charge in [0.1, 0.15) is 11.5 Å². The number of carbonyl (C=O) groups excluding carboxylic acids is 1. The average Bonchev–Trinajstić information content (AvgIpc) is 2.78. The van der Waals surface area contributed by atoms with Gasteiger partial charge in [0.15, 0.2) is 0 Å². The maximum Gasteiger partial charge on any atom is 0.256 e. The monoisotopic (exact) mass is 449 g/mol. The molecule has 7 heteroatoms. The number of benzene rings is 3. The number of hydrogen-bond acceptors (Lipinski definition) is 3. The van der Waals surface area contributed by atoms with Gasteiger partial charge in [-0.3, -0.25) is 9.59 Å². The summed E-state index contributed by atoms with van der Waals surface area (Å²) in [4.78, 5) is 26.1. The Kier molecular flexibility index (Phi) is 5.89. The largest absolute Gasteiger partial charge is 0.306 e. The van der Waals surface area contributed by atoms with Crippen molar-refractivity contribution in [1.82, 2.24) is 9.78 Å². The molecule has 0 spiro atoms. The molecule has 1 amide bonds. The van der Waals surface area contributed by atoms with E-state index in [9.17, 15) is 9.59 Å². The van der Waals surface area contributed by atoms with Crippen LogP contribution < -0.4 is 10.7 Å². The van der Waals surface area contributed by atoms with Crippen molar-refractivity contribution >= 4 is 34.9 Å². The second-order valence-electron chi connectivity index (χ2n) is 6.85. The van der Waals surface area contributed by atoms with Gasteiger partial charge in [0.05, 0.1) is 11.3 Å². The number of hydrogen-bond donors (Lipinski definition) is 1. The van der Waals surface area contributed by atoms with E-state index in [4.69, 9.17) is 23.2 Å². The predicted molar refractivity (Wildman–Crippen MR) is 124 cm³/mol. The molecule has 0 fully saturated rings. The number of nitrogens with zero attached hydrogens (tertiary/aromatic N) is 2. The Morgan fingerprint density at radius 3 is 2.06 bits per heavy atom. The van der Waals surface area contributed by atoms with E-state index in [2.05, 4.69) is 10.4 Å². The molecule has 0 radical (unpaired) electrons. The van der Waals surface area contributed by atoms with E-state index in [1.807, 2.05) is 30.3 Å². The molecule has 0 unspecified atom stereocenters. The van der Waals surface area contributed by atoms with Crippen LogP contribution in [0.1, 0.15) is 16.1 Å². The molecule has 4 rings (SSSR count). The quantitative estimate of drug-likeness (QED) is 0.430. The van der Waals surface area contributed by atoms with E-state index >= 15 is 0 Å². The normalized spacial score (nSPS) is 10.7. The number of halogens is 2. The Morgan fingerprint density at radius 2 is 1.45 bits per heavy atom. The number of nitrogens with one attached hydrogen (secondary N) is 1. The minimum atomic E-state index is -0.387. The van der Waals surface area contributed by atoms with Crippen LogP contribution in [0.2, 0.25) is 10.0 Å². The first-order valence-corrected chi connectivity index (χ1v) is 10.2. The van der Waals surface area contributed by atoms with Gasteiger partial charge < -0.3 is 5.32 Å². The fraction of sp³-hybridized carbons (Fsp3) is 0.0417. The average molecular weight is 450 g/mol. The van der Waals surface area contributed by atoms with Crippen LogP contribution >= 0.6 is 23.2 Å². The van der Waals surface area contributed by atoms with E-state index in [1.54, 1.807) is 60.1 Å². The molecule has 3 aromatic carbocycles. The summed E-state index contributed by atoms with van der Waals surface area (Å²) in [5.41, 5.74) is 2.12. The zero-order valence-electron chi connectivity index (χ0n) is 16.5. The molecular formula is C24H17Cl2N3O2. The number of aromatic nitrogens is 2. The lowest BCUT2D eigenvalue weighted by Gasteiger charge is -2.18. The zero-order chi connectivity index (χ0) is 22.0. The molecule has 0 aliphatic carbocycles. The molecule has 0 atom stereocenters. The third-order valence-corrected chi connectivity index (χ3v) is 5.23. The van der Waals surface area contributed by atoms with E-state index in [-0.39, 0.29) is 17.2 Å². The Morgan fingerprint density at radius 1 is 0.871 bits per heavy atom. The van der Waals surface area contributed by atoms with Crippen LogP contribution in [0.25, 0.3) is 16.8 Å². The van der Waals surface area contributed by atoms with Gasteiger partial charge >= 0.3 is 0 Å². The minimum Gasteiger partial charge on any atom is -0.306 e. The fourth-order valence-corrected chi connectivity index (χ4v) is 3.43. The lowest BCUT2D eigenvalue weighted by atomic mass is 10.0. The van der Waals surface area contributed by atoms with Gasteiger partial charge in [0.25, 0.3) is 5.91 Å². The second-order valence-corrected chi connectivity index (χ2v) is 7.73. The topological polar surface area (TPSA) is 64.0 Å². The minimum absolute atomic E-state index is 0.261. The molecule has 1 N–H and O–H groups in total. The van der Waals surface area contributed by atoms with E-state index in [1.165, 1.54) is 0 Å². The van der Waals surface area contributed by atoms with Gasteiger partial charge in [-0.15, -0.1) is 0 Å². The molecule has 0 saturated carbocycles. The van der Waals surface area contributed by atoms with Crippen LogP contribution in [0.5, 0.6) is 0 Å². The molecule has 0 aliphatic heterocycles. The highest BCUT2D eigenvalue weighted by Crippen LogP contribution is 2.28. The van der Waals surface area contributed by atoms with Gasteiger partial charge in [-0.25, -0.2) is 4.68 Å². The van der Waals surface area contributed by atoms with E-state index in [0.717, 1.165) is 0 Å². The summed E-state index contributed by atoms with van der Waals surface area (Å²) in [5.74, 6) is -0.120. The van der Waals surface area contributed by atoms with Crippen molar-refractivity contribution < 1.29 is 4.79 Å². The fourth-order valence-electron chi connectivity index (χ4n) is 3.18. The molecule has 1 heterocycles. The summed E-state index contributed by atoms with van der Waals surface area (Å²) in [7, 11) is 0. The maximum absolute atomic E-state index is 13.1. The van der Waals surface area contributed by atoms with Crippen molar-refractivity contribution in [3.8, 4) is 16.8 Å². The molecule has 4 aromatic rings. The molecule has 154 valence electrons. The Hall–Kier alpha value is -3.41. The molecule has 0 saturated heterocycles. The van der Waals surface area contributed by atoms with Crippen LogP contribution in [-0.2, 0) is 0 Å². The van der Waals surface area contributed by atoms with Crippen molar-refractivity contribution in [3.05, 3.63) is 110 Å². The summed E-state index contributed by atoms with van der Waals surface area (Å²) in [6, 6.07) is 22.7. The standard InChI is InChI=1S/C24H17Cl2N3O2/c1-15-22(30)21(16-5-3-2-4-6-16)23(27-24(31)17-7-9-18(25)10-8-17)29(28-15)20-13-11-19(26)12-14-20/h2-14H,1H3,(H,27,31). The van der Waals surface area contributed by atoms with Crippen molar-refractivity contribution in [2.75, 3.05) is 5.32 Å². The van der Waals surface area contributed by atoms with E-state index in [0.29, 0.717) is 38.1 Å². The first-order chi connectivity index (χ1) is 14.9. The highest BCUT2D eigenvalue weighted by atomic mass is 35.5. The molecule has 1 aromatic heterocycles. The Labute approximate surface area is 188 Å². The highest BCUT2D eigenvalue weighted by molar-refractivity contribution is 6.31. The highest BCUT2D eigenvalue weighted by Gasteiger charge is 2.20. The number of amides is 1. The summed E-state index contributed by atoms with van der Waals surface area (Å²) in [5, 5.41) is 8.42. The molecule has 31 heavy (non-hydrogen) atoms. The van der Waals surface area contributed by atoms with Crippen molar-refractivity contribution in [3.63, 3.8) is 0 Å². The molecule has 0 bridgehead atoms. The SMILES string of the molecule is Cc1nn(-c2ccc(Cl)cc2)c(NC(=O)c2ccc(Cl)cc2)c(-c2ccccc2)c1=O. The lowest BCUT2D eigenvalue weighted by molar-refractivity contribution is 0.102. The maximum atomic E-state index is 13.1. The smallest absolute Gasteiger partial charge is 0.256 e. The number of aryl methyl sites for hydroxylation is 1. The van der Waals surface area contributed by atoms with Crippen molar-refractivity contribution in [1.29, 1.82) is 0 Å². The number of anilines is 1. The van der Waals surface area contributed by atoms with Gasteiger partial charge in [0, 0.05) is 15.6 Å². The third-order valence-electron chi connectivity index (χ3n) is 4.73. The molecule has 0 aliphatic rings. The molecular weight excluding hydrogens is 433 g/mol. The number of carbonyl (C=O) groups is 1. The number of rotatable bonds is 4. The lowest BCUT2D eigenvalue weighted by Crippen LogP contribution is -2.24. The first kappa shape index (κ1) is 20.8. The van der Waals surface area contributed by atoms with Crippen LogP contribution in [0.3, 0.4) is 0 Å². The predicted octanol–water partition coefficient (Wildman–Crippen LogP) is 5.77. The van der Waals surface area contributed by atoms with Gasteiger partial charge in [-0.1, -0.05) is 53.5 Å². The summed E-state index contributed by atoms with van der Waals surface area (Å²) >= 11 is 12.0. The van der Waals surface area contributed by atoms with Crippen LogP contribution in [0.15, 0.2) is 83.7 Å². The summed E-state index contributed by atoms with van der Waals surface area (Å²) in [6.07, 6.45) is 0. The van der Waals surface area contributed by atoms with Crippen molar-refractivity contribution in [2.24, 2.45) is 0 Å². The molecule has 5 nitrogen and oxygen atoms in total. The summed E-state index contributed by atoms with van der Waals surface area (Å²) < 4.78 is 1.54. The second kappa shape index (κ2) is 8.76. The van der Waals surface area contributed by atoms with E-state index < -0.39 is 0 Å². The summed E-state index contributed by atoms with van der Waals surface area (Å²) in [6.45, 7) is 1.64. The zero-order valence-corrected chi connectivity index (χ0v) is 18.0.